The van der Waals surface area contributed by atoms with Crippen molar-refractivity contribution < 1.29 is 19.8 Å². The zero-order chi connectivity index (χ0) is 11.4. The van der Waals surface area contributed by atoms with E-state index >= 15 is 0 Å². The normalized spacial score (nSPS) is 13.1. The van der Waals surface area contributed by atoms with Crippen molar-refractivity contribution in [2.75, 3.05) is 6.54 Å². The molecule has 0 aliphatic carbocycles. The first-order chi connectivity index (χ1) is 6.22. The number of aliphatic carboxylic acids is 1. The van der Waals surface area contributed by atoms with Crippen molar-refractivity contribution in [3.8, 4) is 0 Å². The zero-order valence-corrected chi connectivity index (χ0v) is 8.50. The van der Waals surface area contributed by atoms with E-state index in [1.165, 1.54) is 0 Å². The lowest BCUT2D eigenvalue weighted by Gasteiger charge is -2.21. The summed E-state index contributed by atoms with van der Waals surface area (Å²) in [5.41, 5.74) is -0.391. The van der Waals surface area contributed by atoms with Crippen LogP contribution in [0.1, 0.15) is 20.8 Å². The Hall–Kier alpha value is -1.30. The Balaban J connectivity index is 3.81. The summed E-state index contributed by atoms with van der Waals surface area (Å²) in [4.78, 5) is 21.2. The monoisotopic (exact) mass is 204 g/mol. The SMILES string of the molecule is CC(C)(C)NC(=O)NC[C@H](O)C(=O)O. The highest BCUT2D eigenvalue weighted by Gasteiger charge is 2.17. The number of hydrogen-bond acceptors (Lipinski definition) is 3. The molecule has 4 N–H and O–H groups in total. The number of rotatable bonds is 3. The van der Waals surface area contributed by atoms with Crippen LogP contribution >= 0.6 is 0 Å². The number of carboxylic acids is 1. The van der Waals surface area contributed by atoms with Crippen LogP contribution in [0.4, 0.5) is 4.79 Å². The van der Waals surface area contributed by atoms with E-state index in [0.29, 0.717) is 0 Å². The molecule has 2 amide bonds. The van der Waals surface area contributed by atoms with E-state index in [2.05, 4.69) is 10.6 Å². The molecule has 0 aromatic rings. The minimum absolute atomic E-state index is 0.308. The highest BCUT2D eigenvalue weighted by atomic mass is 16.4. The smallest absolute Gasteiger partial charge is 0.334 e. The van der Waals surface area contributed by atoms with Gasteiger partial charge in [-0.15, -0.1) is 0 Å². The maximum Gasteiger partial charge on any atom is 0.334 e. The van der Waals surface area contributed by atoms with Gasteiger partial charge in [-0.25, -0.2) is 9.59 Å². The highest BCUT2D eigenvalue weighted by Crippen LogP contribution is 1.97. The van der Waals surface area contributed by atoms with Crippen molar-refractivity contribution in [1.82, 2.24) is 10.6 Å². The van der Waals surface area contributed by atoms with Crippen molar-refractivity contribution in [2.45, 2.75) is 32.4 Å². The largest absolute Gasteiger partial charge is 0.479 e. The molecule has 0 saturated carbocycles. The van der Waals surface area contributed by atoms with Gasteiger partial charge < -0.3 is 20.8 Å². The van der Waals surface area contributed by atoms with Crippen LogP contribution in [0.5, 0.6) is 0 Å². The summed E-state index contributed by atoms with van der Waals surface area (Å²) in [5.74, 6) is -1.36. The molecule has 0 unspecified atom stereocenters. The number of urea groups is 1. The zero-order valence-electron chi connectivity index (χ0n) is 8.50. The van der Waals surface area contributed by atoms with Crippen LogP contribution in [0.25, 0.3) is 0 Å². The lowest BCUT2D eigenvalue weighted by molar-refractivity contribution is -0.146. The molecule has 6 nitrogen and oxygen atoms in total. The molecule has 0 heterocycles. The predicted molar refractivity (Wildman–Crippen MR) is 49.9 cm³/mol. The van der Waals surface area contributed by atoms with Crippen LogP contribution in [0.3, 0.4) is 0 Å². The molecule has 0 saturated heterocycles. The number of carbonyl (C=O) groups is 2. The maximum absolute atomic E-state index is 11.1. The van der Waals surface area contributed by atoms with Gasteiger partial charge >= 0.3 is 12.0 Å². The fraction of sp³-hybridized carbons (Fsp3) is 0.750. The molecule has 82 valence electrons. The third-order valence-electron chi connectivity index (χ3n) is 1.23. The van der Waals surface area contributed by atoms with Gasteiger partial charge in [0, 0.05) is 5.54 Å². The van der Waals surface area contributed by atoms with E-state index in [1.54, 1.807) is 20.8 Å². The Kier molecular flexibility index (Phi) is 4.36. The van der Waals surface area contributed by atoms with E-state index in [4.69, 9.17) is 10.2 Å². The van der Waals surface area contributed by atoms with Crippen LogP contribution in [0, 0.1) is 0 Å². The predicted octanol–water partition coefficient (Wildman–Crippen LogP) is -0.470. The van der Waals surface area contributed by atoms with Crippen LogP contribution in [0.15, 0.2) is 0 Å². The van der Waals surface area contributed by atoms with Gasteiger partial charge in [-0.05, 0) is 20.8 Å². The fourth-order valence-electron chi connectivity index (χ4n) is 0.661. The van der Waals surface area contributed by atoms with Gasteiger partial charge in [-0.2, -0.15) is 0 Å². The molecule has 0 aromatic carbocycles. The number of carboxylic acid groups (broad SMARTS) is 1. The maximum atomic E-state index is 11.1. The lowest BCUT2D eigenvalue weighted by atomic mass is 10.1. The minimum atomic E-state index is -1.57. The second kappa shape index (κ2) is 4.80. The third-order valence-corrected chi connectivity index (χ3v) is 1.23. The first kappa shape index (κ1) is 12.7. The van der Waals surface area contributed by atoms with Crippen LogP contribution in [-0.2, 0) is 4.79 Å². The van der Waals surface area contributed by atoms with Crippen molar-refractivity contribution in [2.24, 2.45) is 0 Å². The standard InChI is InChI=1S/C8H16N2O4/c1-8(2,3)10-7(14)9-4-5(11)6(12)13/h5,11H,4H2,1-3H3,(H,12,13)(H2,9,10,14)/t5-/m0/s1. The van der Waals surface area contributed by atoms with Gasteiger partial charge in [0.1, 0.15) is 0 Å². The first-order valence-corrected chi connectivity index (χ1v) is 4.19. The van der Waals surface area contributed by atoms with Crippen LogP contribution < -0.4 is 10.6 Å². The Morgan fingerprint density at radius 1 is 1.36 bits per heavy atom. The van der Waals surface area contributed by atoms with Gasteiger partial charge in [0.2, 0.25) is 0 Å². The quantitative estimate of drug-likeness (QED) is 0.499. The van der Waals surface area contributed by atoms with Crippen LogP contribution in [0.2, 0.25) is 0 Å². The summed E-state index contributed by atoms with van der Waals surface area (Å²) in [6.45, 7) is 5.07. The molecule has 0 fully saturated rings. The molecular weight excluding hydrogens is 188 g/mol. The summed E-state index contributed by atoms with van der Waals surface area (Å²) in [7, 11) is 0. The van der Waals surface area contributed by atoms with Crippen molar-refractivity contribution in [3.63, 3.8) is 0 Å². The lowest BCUT2D eigenvalue weighted by Crippen LogP contribution is -2.48. The van der Waals surface area contributed by atoms with Crippen molar-refractivity contribution in [3.05, 3.63) is 0 Å². The molecule has 0 spiro atoms. The number of amides is 2. The molecule has 14 heavy (non-hydrogen) atoms. The molecule has 0 rings (SSSR count). The molecule has 0 radical (unpaired) electrons. The minimum Gasteiger partial charge on any atom is -0.479 e. The average Bonchev–Trinajstić information content (AvgIpc) is 1.96. The molecule has 0 aliphatic rings. The molecule has 6 heteroatoms. The van der Waals surface area contributed by atoms with Crippen LogP contribution in [-0.4, -0.2) is 40.4 Å². The number of aliphatic hydroxyl groups excluding tert-OH is 1. The van der Waals surface area contributed by atoms with Gasteiger partial charge in [0.25, 0.3) is 0 Å². The Morgan fingerprint density at radius 2 is 1.86 bits per heavy atom. The summed E-state index contributed by atoms with van der Waals surface area (Å²) in [6.07, 6.45) is -1.57. The van der Waals surface area contributed by atoms with Gasteiger partial charge in [0.05, 0.1) is 6.54 Å². The number of hydrogen-bond donors (Lipinski definition) is 4. The molecule has 0 aromatic heterocycles. The number of nitrogens with one attached hydrogen (secondary N) is 2. The summed E-state index contributed by atoms with van der Waals surface area (Å²) in [5, 5.41) is 21.9. The Morgan fingerprint density at radius 3 is 2.21 bits per heavy atom. The third kappa shape index (κ3) is 6.24. The summed E-state index contributed by atoms with van der Waals surface area (Å²) >= 11 is 0. The second-order valence-corrected chi connectivity index (χ2v) is 3.94. The van der Waals surface area contributed by atoms with E-state index in [-0.39, 0.29) is 6.54 Å². The van der Waals surface area contributed by atoms with Gasteiger partial charge in [-0.3, -0.25) is 0 Å². The van der Waals surface area contributed by atoms with E-state index < -0.39 is 23.6 Å². The van der Waals surface area contributed by atoms with Crippen molar-refractivity contribution >= 4 is 12.0 Å². The molecule has 1 atom stereocenters. The number of aliphatic hydroxyl groups is 1. The van der Waals surface area contributed by atoms with Gasteiger partial charge in [-0.1, -0.05) is 0 Å². The Bertz CT molecular complexity index is 222. The Labute approximate surface area is 82.3 Å². The van der Waals surface area contributed by atoms with E-state index in [9.17, 15) is 9.59 Å². The average molecular weight is 204 g/mol. The summed E-state index contributed by atoms with van der Waals surface area (Å²) < 4.78 is 0. The highest BCUT2D eigenvalue weighted by molar-refractivity contribution is 5.77. The van der Waals surface area contributed by atoms with E-state index in [0.717, 1.165) is 0 Å². The second-order valence-electron chi connectivity index (χ2n) is 3.94. The van der Waals surface area contributed by atoms with Gasteiger partial charge in [0.15, 0.2) is 6.10 Å². The summed E-state index contributed by atoms with van der Waals surface area (Å²) in [6, 6.07) is -0.502. The molecular formula is C8H16N2O4. The van der Waals surface area contributed by atoms with E-state index in [1.807, 2.05) is 0 Å². The van der Waals surface area contributed by atoms with Crippen molar-refractivity contribution in [1.29, 1.82) is 0 Å². The first-order valence-electron chi connectivity index (χ1n) is 4.19. The molecule has 0 bridgehead atoms. The molecule has 0 aliphatic heterocycles. The fourth-order valence-corrected chi connectivity index (χ4v) is 0.661. The topological polar surface area (TPSA) is 98.7 Å². The number of carbonyl (C=O) groups excluding carboxylic acids is 1.